The number of carbonyl (C=O) groups excluding carboxylic acids is 1. The SMILES string of the molecule is O=C(Nc1ccc2[nH]c(=O)[nH]c2c1)c1oc2ccccc2c1COc1ccccc1. The van der Waals surface area contributed by atoms with E-state index in [-0.39, 0.29) is 18.1 Å². The number of rotatable bonds is 5. The summed E-state index contributed by atoms with van der Waals surface area (Å²) in [5.74, 6) is 0.501. The molecule has 0 radical (unpaired) electrons. The lowest BCUT2D eigenvalue weighted by Crippen LogP contribution is -2.13. The molecule has 0 saturated heterocycles. The number of imidazole rings is 1. The summed E-state index contributed by atoms with van der Waals surface area (Å²) in [6, 6.07) is 22.0. The van der Waals surface area contributed by atoms with E-state index in [9.17, 15) is 9.59 Å². The Labute approximate surface area is 170 Å². The van der Waals surface area contributed by atoms with Gasteiger partial charge < -0.3 is 24.4 Å². The molecular weight excluding hydrogens is 382 g/mol. The van der Waals surface area contributed by atoms with E-state index in [1.807, 2.05) is 54.6 Å². The van der Waals surface area contributed by atoms with Crippen LogP contribution in [0.15, 0.2) is 82.0 Å². The zero-order valence-corrected chi connectivity index (χ0v) is 15.8. The number of H-pyrrole nitrogens is 2. The molecule has 0 aliphatic heterocycles. The van der Waals surface area contributed by atoms with Crippen molar-refractivity contribution in [1.82, 2.24) is 9.97 Å². The molecule has 0 aliphatic rings. The molecule has 7 nitrogen and oxygen atoms in total. The number of ether oxygens (including phenoxy) is 1. The highest BCUT2D eigenvalue weighted by molar-refractivity contribution is 6.07. The first-order chi connectivity index (χ1) is 14.7. The van der Waals surface area contributed by atoms with E-state index in [2.05, 4.69) is 15.3 Å². The molecule has 3 N–H and O–H groups in total. The van der Waals surface area contributed by atoms with Crippen molar-refractivity contribution in [3.05, 3.63) is 94.6 Å². The quantitative estimate of drug-likeness (QED) is 0.407. The average Bonchev–Trinajstić information content (AvgIpc) is 3.32. The normalized spacial score (nSPS) is 11.1. The van der Waals surface area contributed by atoms with Gasteiger partial charge in [-0.15, -0.1) is 0 Å². The predicted octanol–water partition coefficient (Wildman–Crippen LogP) is 4.43. The van der Waals surface area contributed by atoms with Crippen molar-refractivity contribution in [2.45, 2.75) is 6.61 Å². The van der Waals surface area contributed by atoms with E-state index in [0.29, 0.717) is 33.6 Å². The molecule has 0 atom stereocenters. The fourth-order valence-corrected chi connectivity index (χ4v) is 3.40. The first kappa shape index (κ1) is 17.8. The first-order valence-electron chi connectivity index (χ1n) is 9.39. The average molecular weight is 399 g/mol. The van der Waals surface area contributed by atoms with Gasteiger partial charge in [0.05, 0.1) is 11.0 Å². The summed E-state index contributed by atoms with van der Waals surface area (Å²) in [6.45, 7) is 0.188. The number of fused-ring (bicyclic) bond motifs is 2. The molecule has 148 valence electrons. The Kier molecular flexibility index (Phi) is 4.33. The first-order valence-corrected chi connectivity index (χ1v) is 9.39. The van der Waals surface area contributed by atoms with E-state index in [1.54, 1.807) is 18.2 Å². The zero-order chi connectivity index (χ0) is 20.5. The van der Waals surface area contributed by atoms with Crippen molar-refractivity contribution in [2.24, 2.45) is 0 Å². The molecule has 0 aliphatic carbocycles. The number of para-hydroxylation sites is 2. The zero-order valence-electron chi connectivity index (χ0n) is 15.8. The lowest BCUT2D eigenvalue weighted by molar-refractivity contribution is 0.0995. The summed E-state index contributed by atoms with van der Waals surface area (Å²) in [7, 11) is 0. The molecule has 0 fully saturated rings. The smallest absolute Gasteiger partial charge is 0.323 e. The summed E-state index contributed by atoms with van der Waals surface area (Å²) in [6.07, 6.45) is 0. The molecular formula is C23H17N3O4. The van der Waals surface area contributed by atoms with Gasteiger partial charge in [0.1, 0.15) is 17.9 Å². The van der Waals surface area contributed by atoms with Gasteiger partial charge in [-0.05, 0) is 36.4 Å². The summed E-state index contributed by atoms with van der Waals surface area (Å²) in [4.78, 5) is 29.8. The van der Waals surface area contributed by atoms with E-state index in [1.165, 1.54) is 0 Å². The second-order valence-corrected chi connectivity index (χ2v) is 6.80. The van der Waals surface area contributed by atoms with Crippen LogP contribution in [0.25, 0.3) is 22.0 Å². The van der Waals surface area contributed by atoms with Gasteiger partial charge in [0.15, 0.2) is 5.76 Å². The van der Waals surface area contributed by atoms with Crippen molar-refractivity contribution in [2.75, 3.05) is 5.32 Å². The van der Waals surface area contributed by atoms with Gasteiger partial charge in [0, 0.05) is 16.6 Å². The largest absolute Gasteiger partial charge is 0.489 e. The van der Waals surface area contributed by atoms with Crippen molar-refractivity contribution in [3.63, 3.8) is 0 Å². The Morgan fingerprint density at radius 1 is 0.933 bits per heavy atom. The number of furan rings is 1. The number of aromatic nitrogens is 2. The van der Waals surface area contributed by atoms with Crippen LogP contribution in [0.1, 0.15) is 16.1 Å². The van der Waals surface area contributed by atoms with Crippen LogP contribution in [-0.4, -0.2) is 15.9 Å². The van der Waals surface area contributed by atoms with Crippen LogP contribution in [0.4, 0.5) is 5.69 Å². The predicted molar refractivity (Wildman–Crippen MR) is 114 cm³/mol. The van der Waals surface area contributed by atoms with Crippen LogP contribution < -0.4 is 15.7 Å². The third-order valence-electron chi connectivity index (χ3n) is 4.80. The summed E-state index contributed by atoms with van der Waals surface area (Å²) >= 11 is 0. The van der Waals surface area contributed by atoms with Crippen LogP contribution in [-0.2, 0) is 6.61 Å². The number of nitrogens with one attached hydrogen (secondary N) is 3. The maximum absolute atomic E-state index is 13.0. The standard InChI is InChI=1S/C23H17N3O4/c27-22(24-14-10-11-18-19(12-14)26-23(28)25-18)21-17(13-29-15-6-2-1-3-7-15)16-8-4-5-9-20(16)30-21/h1-12H,13H2,(H,24,27)(H2,25,26,28). The van der Waals surface area contributed by atoms with Gasteiger partial charge >= 0.3 is 5.69 Å². The van der Waals surface area contributed by atoms with E-state index >= 15 is 0 Å². The van der Waals surface area contributed by atoms with E-state index in [0.717, 1.165) is 5.39 Å². The molecule has 0 saturated carbocycles. The third kappa shape index (κ3) is 3.33. The maximum Gasteiger partial charge on any atom is 0.323 e. The number of aromatic amines is 2. The van der Waals surface area contributed by atoms with Crippen LogP contribution in [0.3, 0.4) is 0 Å². The highest BCUT2D eigenvalue weighted by Crippen LogP contribution is 2.28. The molecule has 5 rings (SSSR count). The number of hydrogen-bond acceptors (Lipinski definition) is 4. The van der Waals surface area contributed by atoms with E-state index in [4.69, 9.17) is 9.15 Å². The fourth-order valence-electron chi connectivity index (χ4n) is 3.40. The molecule has 0 unspecified atom stereocenters. The van der Waals surface area contributed by atoms with E-state index < -0.39 is 5.91 Å². The van der Waals surface area contributed by atoms with Crippen LogP contribution in [0.2, 0.25) is 0 Å². The molecule has 1 amide bonds. The lowest BCUT2D eigenvalue weighted by atomic mass is 10.1. The summed E-state index contributed by atoms with van der Waals surface area (Å²) < 4.78 is 11.7. The minimum Gasteiger partial charge on any atom is -0.489 e. The highest BCUT2D eigenvalue weighted by Gasteiger charge is 2.21. The minimum atomic E-state index is -0.393. The number of amides is 1. The molecule has 2 aromatic heterocycles. The van der Waals surface area contributed by atoms with Crippen molar-refractivity contribution in [1.29, 1.82) is 0 Å². The second kappa shape index (κ2) is 7.29. The Hall–Kier alpha value is -4.26. The molecule has 3 aromatic carbocycles. The Balaban J connectivity index is 1.47. The summed E-state index contributed by atoms with van der Waals surface area (Å²) in [5, 5.41) is 3.66. The van der Waals surface area contributed by atoms with Crippen LogP contribution in [0, 0.1) is 0 Å². The molecule has 0 spiro atoms. The minimum absolute atomic E-state index is 0.188. The molecule has 30 heavy (non-hydrogen) atoms. The summed E-state index contributed by atoms with van der Waals surface area (Å²) in [5.41, 5.74) is 2.79. The van der Waals surface area contributed by atoms with Crippen molar-refractivity contribution in [3.8, 4) is 5.75 Å². The molecule has 0 bridgehead atoms. The van der Waals surface area contributed by atoms with Crippen LogP contribution in [0.5, 0.6) is 5.75 Å². The Morgan fingerprint density at radius 3 is 2.57 bits per heavy atom. The molecule has 7 heteroatoms. The number of benzene rings is 3. The Morgan fingerprint density at radius 2 is 1.70 bits per heavy atom. The van der Waals surface area contributed by atoms with Gasteiger partial charge in [0.2, 0.25) is 0 Å². The van der Waals surface area contributed by atoms with Gasteiger partial charge in [-0.3, -0.25) is 4.79 Å². The highest BCUT2D eigenvalue weighted by atomic mass is 16.5. The van der Waals surface area contributed by atoms with Gasteiger partial charge in [-0.25, -0.2) is 4.79 Å². The fraction of sp³-hybridized carbons (Fsp3) is 0.0435. The second-order valence-electron chi connectivity index (χ2n) is 6.80. The number of hydrogen-bond donors (Lipinski definition) is 3. The Bertz CT molecular complexity index is 1410. The molecule has 5 aromatic rings. The van der Waals surface area contributed by atoms with Gasteiger partial charge in [-0.2, -0.15) is 0 Å². The van der Waals surface area contributed by atoms with Crippen molar-refractivity contribution < 1.29 is 13.9 Å². The monoisotopic (exact) mass is 399 g/mol. The van der Waals surface area contributed by atoms with Gasteiger partial charge in [-0.1, -0.05) is 36.4 Å². The number of anilines is 1. The number of carbonyl (C=O) groups is 1. The lowest BCUT2D eigenvalue weighted by Gasteiger charge is -2.08. The third-order valence-corrected chi connectivity index (χ3v) is 4.80. The molecule has 2 heterocycles. The topological polar surface area (TPSA) is 100 Å². The maximum atomic E-state index is 13.0. The van der Waals surface area contributed by atoms with Crippen molar-refractivity contribution >= 4 is 33.6 Å². The van der Waals surface area contributed by atoms with Crippen LogP contribution >= 0.6 is 0 Å². The van der Waals surface area contributed by atoms with Gasteiger partial charge in [0.25, 0.3) is 5.91 Å².